The third kappa shape index (κ3) is 3.71. The van der Waals surface area contributed by atoms with E-state index >= 15 is 0 Å². The van der Waals surface area contributed by atoms with Gasteiger partial charge in [-0.25, -0.2) is 4.79 Å². The number of hydrogen-bond donors (Lipinski definition) is 1. The maximum atomic E-state index is 12.1. The average molecular weight is 311 g/mol. The normalized spacial score (nSPS) is 16.8. The highest BCUT2D eigenvalue weighted by Gasteiger charge is 2.35. The Labute approximate surface area is 136 Å². The number of piperidine rings is 1. The second kappa shape index (κ2) is 6.84. The molecule has 0 aliphatic carbocycles. The van der Waals surface area contributed by atoms with Gasteiger partial charge in [-0.2, -0.15) is 0 Å². The molecule has 0 aromatic heterocycles. The molecule has 1 fully saturated rings. The van der Waals surface area contributed by atoms with Crippen molar-refractivity contribution in [1.82, 2.24) is 4.90 Å². The molecule has 4 nitrogen and oxygen atoms in total. The minimum atomic E-state index is -0.850. The molecule has 120 valence electrons. The van der Waals surface area contributed by atoms with Crippen LogP contribution in [0.1, 0.15) is 24.0 Å². The fraction of sp³-hybridized carbons (Fsp3) is 0.316. The van der Waals surface area contributed by atoms with Crippen LogP contribution in [0.15, 0.2) is 60.7 Å². The van der Waals surface area contributed by atoms with Crippen LogP contribution >= 0.6 is 0 Å². The number of benzene rings is 2. The number of ether oxygens (including phenoxy) is 1. The van der Waals surface area contributed by atoms with Crippen molar-refractivity contribution in [2.45, 2.75) is 25.0 Å². The van der Waals surface area contributed by atoms with E-state index in [4.69, 9.17) is 4.74 Å². The first-order valence-electron chi connectivity index (χ1n) is 7.91. The van der Waals surface area contributed by atoms with E-state index in [1.807, 2.05) is 60.7 Å². The van der Waals surface area contributed by atoms with Crippen molar-refractivity contribution >= 4 is 6.09 Å². The lowest BCUT2D eigenvalue weighted by molar-refractivity contribution is -0.0255. The van der Waals surface area contributed by atoms with Gasteiger partial charge in [0.2, 0.25) is 0 Å². The van der Waals surface area contributed by atoms with Crippen molar-refractivity contribution in [3.8, 4) is 0 Å². The van der Waals surface area contributed by atoms with Crippen molar-refractivity contribution in [3.05, 3.63) is 71.8 Å². The summed E-state index contributed by atoms with van der Waals surface area (Å²) in [6.07, 6.45) is 0.735. The summed E-state index contributed by atoms with van der Waals surface area (Å²) in [5.41, 5.74) is 1.04. The predicted molar refractivity (Wildman–Crippen MR) is 87.8 cm³/mol. The number of hydrogen-bond acceptors (Lipinski definition) is 3. The van der Waals surface area contributed by atoms with Gasteiger partial charge in [-0.3, -0.25) is 0 Å². The molecule has 23 heavy (non-hydrogen) atoms. The Bertz CT molecular complexity index is 634. The molecule has 0 radical (unpaired) electrons. The van der Waals surface area contributed by atoms with Crippen molar-refractivity contribution in [3.63, 3.8) is 0 Å². The molecule has 0 bridgehead atoms. The Balaban J connectivity index is 1.53. The molecule has 0 unspecified atom stereocenters. The lowest BCUT2D eigenvalue weighted by atomic mass is 9.84. The molecule has 1 aliphatic rings. The minimum absolute atomic E-state index is 0.277. The van der Waals surface area contributed by atoms with Crippen LogP contribution < -0.4 is 0 Å². The third-order valence-corrected chi connectivity index (χ3v) is 4.37. The van der Waals surface area contributed by atoms with Gasteiger partial charge in [-0.1, -0.05) is 60.7 Å². The Morgan fingerprint density at radius 1 is 1.00 bits per heavy atom. The van der Waals surface area contributed by atoms with Gasteiger partial charge in [0.15, 0.2) is 0 Å². The number of likely N-dealkylation sites (tertiary alicyclic amines) is 1. The fourth-order valence-corrected chi connectivity index (χ4v) is 2.91. The summed E-state index contributed by atoms with van der Waals surface area (Å²) in [6.45, 7) is 1.27. The number of amides is 1. The van der Waals surface area contributed by atoms with Gasteiger partial charge >= 0.3 is 6.09 Å². The second-order valence-corrected chi connectivity index (χ2v) is 5.92. The first-order valence-corrected chi connectivity index (χ1v) is 7.91. The molecule has 1 amide bonds. The zero-order chi connectivity index (χ0) is 16.1. The Kier molecular flexibility index (Phi) is 4.63. The Morgan fingerprint density at radius 2 is 1.57 bits per heavy atom. The Morgan fingerprint density at radius 3 is 2.17 bits per heavy atom. The monoisotopic (exact) mass is 311 g/mol. The van der Waals surface area contributed by atoms with E-state index in [9.17, 15) is 9.90 Å². The molecule has 1 N–H and O–H groups in total. The first-order chi connectivity index (χ1) is 11.2. The van der Waals surface area contributed by atoms with E-state index in [-0.39, 0.29) is 12.7 Å². The van der Waals surface area contributed by atoms with Crippen LogP contribution in [0.3, 0.4) is 0 Å². The quantitative estimate of drug-likeness (QED) is 0.946. The lowest BCUT2D eigenvalue weighted by Gasteiger charge is -2.38. The van der Waals surface area contributed by atoms with Crippen LogP contribution in [0.2, 0.25) is 0 Å². The first kappa shape index (κ1) is 15.6. The van der Waals surface area contributed by atoms with Crippen molar-refractivity contribution in [2.24, 2.45) is 0 Å². The molecule has 0 saturated carbocycles. The smallest absolute Gasteiger partial charge is 0.410 e. The van der Waals surface area contributed by atoms with Crippen LogP contribution in [-0.2, 0) is 16.9 Å². The molecule has 0 atom stereocenters. The molecule has 1 heterocycles. The average Bonchev–Trinajstić information content (AvgIpc) is 2.62. The van der Waals surface area contributed by atoms with E-state index in [0.717, 1.165) is 11.1 Å². The maximum Gasteiger partial charge on any atom is 0.410 e. The summed E-state index contributed by atoms with van der Waals surface area (Å²) in [4.78, 5) is 13.8. The summed E-state index contributed by atoms with van der Waals surface area (Å²) in [6, 6.07) is 19.3. The van der Waals surface area contributed by atoms with Crippen molar-refractivity contribution in [1.29, 1.82) is 0 Å². The maximum absolute atomic E-state index is 12.1. The molecular formula is C19H21NO3. The van der Waals surface area contributed by atoms with Gasteiger partial charge in [0, 0.05) is 13.1 Å². The van der Waals surface area contributed by atoms with Crippen LogP contribution in [-0.4, -0.2) is 29.2 Å². The number of carbonyl (C=O) groups is 1. The van der Waals surface area contributed by atoms with Crippen molar-refractivity contribution < 1.29 is 14.6 Å². The summed E-state index contributed by atoms with van der Waals surface area (Å²) < 4.78 is 5.35. The molecule has 1 saturated heterocycles. The lowest BCUT2D eigenvalue weighted by Crippen LogP contribution is -2.45. The zero-order valence-electron chi connectivity index (χ0n) is 13.0. The van der Waals surface area contributed by atoms with Crippen LogP contribution in [0, 0.1) is 0 Å². The Hall–Kier alpha value is -2.33. The summed E-state index contributed by atoms with van der Waals surface area (Å²) >= 11 is 0. The molecule has 2 aromatic carbocycles. The van der Waals surface area contributed by atoms with Gasteiger partial charge in [0.25, 0.3) is 0 Å². The molecule has 1 aliphatic heterocycles. The van der Waals surface area contributed by atoms with E-state index in [1.165, 1.54) is 0 Å². The van der Waals surface area contributed by atoms with Gasteiger partial charge in [0.1, 0.15) is 6.61 Å². The minimum Gasteiger partial charge on any atom is -0.445 e. The topological polar surface area (TPSA) is 49.8 Å². The zero-order valence-corrected chi connectivity index (χ0v) is 13.0. The van der Waals surface area contributed by atoms with E-state index < -0.39 is 5.60 Å². The highest BCUT2D eigenvalue weighted by atomic mass is 16.6. The van der Waals surface area contributed by atoms with Crippen LogP contribution in [0.25, 0.3) is 0 Å². The van der Waals surface area contributed by atoms with E-state index in [1.54, 1.807) is 4.90 Å². The molecule has 4 heteroatoms. The van der Waals surface area contributed by atoms with E-state index in [0.29, 0.717) is 25.9 Å². The molecular weight excluding hydrogens is 290 g/mol. The highest BCUT2D eigenvalue weighted by Crippen LogP contribution is 2.32. The molecule has 3 rings (SSSR count). The molecule has 2 aromatic rings. The van der Waals surface area contributed by atoms with Gasteiger partial charge in [-0.15, -0.1) is 0 Å². The van der Waals surface area contributed by atoms with Gasteiger partial charge in [-0.05, 0) is 24.0 Å². The standard InChI is InChI=1S/C19H21NO3/c21-18(23-15-16-7-3-1-4-8-16)20-13-11-19(22,12-14-20)17-9-5-2-6-10-17/h1-10,22H,11-15H2. The van der Waals surface area contributed by atoms with Crippen molar-refractivity contribution in [2.75, 3.05) is 13.1 Å². The number of rotatable bonds is 3. The number of aliphatic hydroxyl groups is 1. The summed E-state index contributed by atoms with van der Waals surface area (Å²) in [5, 5.41) is 10.8. The second-order valence-electron chi connectivity index (χ2n) is 5.92. The van der Waals surface area contributed by atoms with Gasteiger partial charge < -0.3 is 14.7 Å². The summed E-state index contributed by atoms with van der Waals surface area (Å²) in [5.74, 6) is 0. The highest BCUT2D eigenvalue weighted by molar-refractivity contribution is 5.67. The van der Waals surface area contributed by atoms with E-state index in [2.05, 4.69) is 0 Å². The summed E-state index contributed by atoms with van der Waals surface area (Å²) in [7, 11) is 0. The van der Waals surface area contributed by atoms with Gasteiger partial charge in [0.05, 0.1) is 5.60 Å². The largest absolute Gasteiger partial charge is 0.445 e. The number of carbonyl (C=O) groups excluding carboxylic acids is 1. The SMILES string of the molecule is O=C(OCc1ccccc1)N1CCC(O)(c2ccccc2)CC1. The van der Waals surface area contributed by atoms with Crippen LogP contribution in [0.4, 0.5) is 4.79 Å². The molecule has 0 spiro atoms. The third-order valence-electron chi connectivity index (χ3n) is 4.37. The fourth-order valence-electron chi connectivity index (χ4n) is 2.91. The number of nitrogens with zero attached hydrogens (tertiary/aromatic N) is 1. The predicted octanol–water partition coefficient (Wildman–Crippen LogP) is 3.31. The van der Waals surface area contributed by atoms with Crippen LogP contribution in [0.5, 0.6) is 0 Å².